The largest absolute Gasteiger partial charge is 0.336 e. The molecule has 7 heteroatoms. The van der Waals surface area contributed by atoms with Gasteiger partial charge in [-0.1, -0.05) is 35.5 Å². The Morgan fingerprint density at radius 3 is 2.88 bits per heavy atom. The van der Waals surface area contributed by atoms with Crippen LogP contribution in [0.2, 0.25) is 0 Å². The summed E-state index contributed by atoms with van der Waals surface area (Å²) >= 11 is 0. The van der Waals surface area contributed by atoms with Gasteiger partial charge < -0.3 is 4.52 Å². The van der Waals surface area contributed by atoms with Crippen LogP contribution in [0.4, 0.5) is 0 Å². The van der Waals surface area contributed by atoms with Gasteiger partial charge in [0.2, 0.25) is 10.0 Å². The predicted octanol–water partition coefficient (Wildman–Crippen LogP) is 2.93. The number of benzene rings is 1. The van der Waals surface area contributed by atoms with Crippen LogP contribution in [0, 0.1) is 6.92 Å². The molecule has 1 unspecified atom stereocenters. The van der Waals surface area contributed by atoms with Gasteiger partial charge in [0.05, 0.1) is 17.3 Å². The lowest BCUT2D eigenvalue weighted by Gasteiger charge is -2.24. The Hall–Kier alpha value is -2.25. The molecule has 0 N–H and O–H groups in total. The van der Waals surface area contributed by atoms with Gasteiger partial charge >= 0.3 is 0 Å². The molecule has 0 saturated carbocycles. The third kappa shape index (κ3) is 2.94. The van der Waals surface area contributed by atoms with E-state index in [0.29, 0.717) is 23.3 Å². The zero-order valence-electron chi connectivity index (χ0n) is 13.9. The molecule has 130 valence electrons. The second kappa shape index (κ2) is 6.24. The number of rotatable bonds is 4. The van der Waals surface area contributed by atoms with Crippen LogP contribution in [-0.2, 0) is 16.4 Å². The van der Waals surface area contributed by atoms with Crippen molar-refractivity contribution in [2.45, 2.75) is 37.1 Å². The number of nitrogens with zero attached hydrogens (tertiary/aromatic N) is 3. The molecule has 0 spiro atoms. The van der Waals surface area contributed by atoms with Crippen LogP contribution in [0.25, 0.3) is 11.1 Å². The minimum atomic E-state index is -3.59. The quantitative estimate of drug-likeness (QED) is 0.717. The number of aryl methyl sites for hydroxylation is 1. The molecule has 3 heterocycles. The Balaban J connectivity index is 1.66. The van der Waals surface area contributed by atoms with Gasteiger partial charge in [-0.05, 0) is 37.8 Å². The van der Waals surface area contributed by atoms with Gasteiger partial charge in [0.25, 0.3) is 5.71 Å². The van der Waals surface area contributed by atoms with Crippen molar-refractivity contribution in [1.82, 2.24) is 14.4 Å². The van der Waals surface area contributed by atoms with E-state index in [1.807, 2.05) is 30.3 Å². The van der Waals surface area contributed by atoms with Crippen molar-refractivity contribution >= 4 is 21.1 Å². The van der Waals surface area contributed by atoms with Gasteiger partial charge in [-0.3, -0.25) is 0 Å². The van der Waals surface area contributed by atoms with Gasteiger partial charge in [0.1, 0.15) is 4.90 Å². The first-order chi connectivity index (χ1) is 12.1. The van der Waals surface area contributed by atoms with Gasteiger partial charge in [0.15, 0.2) is 0 Å². The summed E-state index contributed by atoms with van der Waals surface area (Å²) in [6.45, 7) is 2.32. The Morgan fingerprint density at radius 1 is 1.28 bits per heavy atom. The van der Waals surface area contributed by atoms with Gasteiger partial charge in [-0.2, -0.15) is 4.31 Å². The molecule has 1 fully saturated rings. The van der Waals surface area contributed by atoms with Crippen LogP contribution in [0.5, 0.6) is 0 Å². The normalized spacial score (nSPS) is 18.8. The standard InChI is InChI=1S/C18H19N3O3S/c1-13-17-11-16(12-19-18(17)24-20-13)25(22,23)21-9-5-8-15(21)10-14-6-3-2-4-7-14/h2-4,6-7,11-12,15H,5,8-10H2,1H3. The molecular weight excluding hydrogens is 338 g/mol. The zero-order chi connectivity index (χ0) is 17.4. The van der Waals surface area contributed by atoms with E-state index in [1.54, 1.807) is 17.3 Å². The highest BCUT2D eigenvalue weighted by Crippen LogP contribution is 2.29. The fraction of sp³-hybridized carbons (Fsp3) is 0.333. The first-order valence-corrected chi connectivity index (χ1v) is 9.77. The molecule has 0 aliphatic carbocycles. The lowest BCUT2D eigenvalue weighted by molar-refractivity contribution is 0.385. The van der Waals surface area contributed by atoms with Crippen LogP contribution >= 0.6 is 0 Å². The Bertz CT molecular complexity index is 999. The number of fused-ring (bicyclic) bond motifs is 1. The topological polar surface area (TPSA) is 76.3 Å². The Morgan fingerprint density at radius 2 is 2.08 bits per heavy atom. The Labute approximate surface area is 146 Å². The van der Waals surface area contributed by atoms with E-state index in [1.165, 1.54) is 6.20 Å². The third-order valence-electron chi connectivity index (χ3n) is 4.73. The summed E-state index contributed by atoms with van der Waals surface area (Å²) in [6.07, 6.45) is 3.83. The second-order valence-electron chi connectivity index (χ2n) is 6.39. The van der Waals surface area contributed by atoms with E-state index >= 15 is 0 Å². The van der Waals surface area contributed by atoms with Crippen molar-refractivity contribution in [3.05, 3.63) is 53.9 Å². The maximum absolute atomic E-state index is 13.1. The molecule has 6 nitrogen and oxygen atoms in total. The number of hydrogen-bond donors (Lipinski definition) is 0. The van der Waals surface area contributed by atoms with Crippen LogP contribution in [0.3, 0.4) is 0 Å². The van der Waals surface area contributed by atoms with Crippen molar-refractivity contribution in [2.75, 3.05) is 6.54 Å². The first kappa shape index (κ1) is 16.2. The summed E-state index contributed by atoms with van der Waals surface area (Å²) in [7, 11) is -3.59. The maximum atomic E-state index is 13.1. The Kier molecular flexibility index (Phi) is 4.05. The molecule has 0 radical (unpaired) electrons. The first-order valence-electron chi connectivity index (χ1n) is 8.33. The van der Waals surface area contributed by atoms with Crippen molar-refractivity contribution in [1.29, 1.82) is 0 Å². The summed E-state index contributed by atoms with van der Waals surface area (Å²) < 4.78 is 33.0. The van der Waals surface area contributed by atoms with Crippen molar-refractivity contribution in [3.8, 4) is 0 Å². The number of aromatic nitrogens is 2. The SMILES string of the molecule is Cc1noc2ncc(S(=O)(=O)N3CCCC3Cc3ccccc3)cc12. The number of pyridine rings is 1. The summed E-state index contributed by atoms with van der Waals surface area (Å²) in [5.74, 6) is 0. The molecule has 1 saturated heterocycles. The third-order valence-corrected chi connectivity index (χ3v) is 6.65. The van der Waals surface area contributed by atoms with Gasteiger partial charge in [-0.15, -0.1) is 0 Å². The lowest BCUT2D eigenvalue weighted by atomic mass is 10.1. The molecule has 3 aromatic rings. The zero-order valence-corrected chi connectivity index (χ0v) is 14.7. The highest BCUT2D eigenvalue weighted by Gasteiger charge is 2.35. The van der Waals surface area contributed by atoms with Crippen molar-refractivity contribution < 1.29 is 12.9 Å². The predicted molar refractivity (Wildman–Crippen MR) is 93.6 cm³/mol. The second-order valence-corrected chi connectivity index (χ2v) is 8.28. The number of hydrogen-bond acceptors (Lipinski definition) is 5. The van der Waals surface area contributed by atoms with E-state index < -0.39 is 10.0 Å². The minimum Gasteiger partial charge on any atom is -0.336 e. The highest BCUT2D eigenvalue weighted by molar-refractivity contribution is 7.89. The number of sulfonamides is 1. The van der Waals surface area contributed by atoms with Gasteiger partial charge in [-0.25, -0.2) is 13.4 Å². The molecule has 0 amide bonds. The molecule has 0 bridgehead atoms. The summed E-state index contributed by atoms with van der Waals surface area (Å²) in [5, 5.41) is 4.48. The van der Waals surface area contributed by atoms with E-state index in [0.717, 1.165) is 24.8 Å². The van der Waals surface area contributed by atoms with Crippen molar-refractivity contribution in [3.63, 3.8) is 0 Å². The fourth-order valence-corrected chi connectivity index (χ4v) is 5.08. The minimum absolute atomic E-state index is 0.0216. The molecule has 2 aromatic heterocycles. The van der Waals surface area contributed by atoms with Crippen LogP contribution in [0.15, 0.2) is 52.0 Å². The fourth-order valence-electron chi connectivity index (χ4n) is 3.42. The van der Waals surface area contributed by atoms with Gasteiger partial charge in [0, 0.05) is 12.6 Å². The van der Waals surface area contributed by atoms with Crippen LogP contribution < -0.4 is 0 Å². The average molecular weight is 357 g/mol. The summed E-state index contributed by atoms with van der Waals surface area (Å²) in [4.78, 5) is 4.31. The van der Waals surface area contributed by atoms with Crippen molar-refractivity contribution in [2.24, 2.45) is 0 Å². The highest BCUT2D eigenvalue weighted by atomic mass is 32.2. The van der Waals surface area contributed by atoms with E-state index in [2.05, 4.69) is 10.1 Å². The smallest absolute Gasteiger partial charge is 0.257 e. The maximum Gasteiger partial charge on any atom is 0.257 e. The molecular formula is C18H19N3O3S. The van der Waals surface area contributed by atoms with E-state index in [4.69, 9.17) is 4.52 Å². The molecule has 1 aromatic carbocycles. The van der Waals surface area contributed by atoms with E-state index in [9.17, 15) is 8.42 Å². The average Bonchev–Trinajstić information content (AvgIpc) is 3.23. The molecule has 4 rings (SSSR count). The van der Waals surface area contributed by atoms with E-state index in [-0.39, 0.29) is 10.9 Å². The molecule has 1 aliphatic heterocycles. The lowest BCUT2D eigenvalue weighted by Crippen LogP contribution is -2.36. The summed E-state index contributed by atoms with van der Waals surface area (Å²) in [6, 6.07) is 11.6. The monoisotopic (exact) mass is 357 g/mol. The van der Waals surface area contributed by atoms with Crippen LogP contribution in [-0.4, -0.2) is 35.5 Å². The molecule has 1 aliphatic rings. The molecule has 25 heavy (non-hydrogen) atoms. The molecule has 1 atom stereocenters. The summed E-state index contributed by atoms with van der Waals surface area (Å²) in [5.41, 5.74) is 2.15. The van der Waals surface area contributed by atoms with Crippen LogP contribution in [0.1, 0.15) is 24.1 Å².